The molecule has 0 N–H and O–H groups in total. The molecule has 0 unspecified atom stereocenters. The van der Waals surface area contributed by atoms with E-state index in [0.29, 0.717) is 19.5 Å². The minimum atomic E-state index is -0.222. The van der Waals surface area contributed by atoms with Gasteiger partial charge in [-0.3, -0.25) is 4.79 Å². The monoisotopic (exact) mass is 186 g/mol. The molecule has 13 heavy (non-hydrogen) atoms. The Hall–Kier alpha value is -0.930. The largest absolute Gasteiger partial charge is 0.349 e. The number of hydrogen-bond donors (Lipinski definition) is 0. The molecule has 0 atom stereocenters. The van der Waals surface area contributed by atoms with Crippen LogP contribution >= 0.6 is 0 Å². The summed E-state index contributed by atoms with van der Waals surface area (Å²) in [4.78, 5) is 9.06. The summed E-state index contributed by atoms with van der Waals surface area (Å²) in [5.41, 5.74) is 0. The van der Waals surface area contributed by atoms with Crippen molar-refractivity contribution in [3.05, 3.63) is 25.3 Å². The summed E-state index contributed by atoms with van der Waals surface area (Å²) >= 11 is 0. The summed E-state index contributed by atoms with van der Waals surface area (Å²) in [6, 6.07) is 0. The van der Waals surface area contributed by atoms with Gasteiger partial charge in [-0.25, -0.2) is 0 Å². The lowest BCUT2D eigenvalue weighted by Crippen LogP contribution is -2.13. The maximum Gasteiger partial charge on any atom is 0.176 e. The Kier molecular flexibility index (Phi) is 15.3. The number of aldehydes is 1. The molecule has 0 aromatic rings. The van der Waals surface area contributed by atoms with Crippen LogP contribution in [0.4, 0.5) is 0 Å². The van der Waals surface area contributed by atoms with Gasteiger partial charge in [0.2, 0.25) is 0 Å². The molecule has 3 heteroatoms. The Labute approximate surface area is 80.0 Å². The molecule has 0 fully saturated rings. The summed E-state index contributed by atoms with van der Waals surface area (Å²) in [5.74, 6) is 0. The van der Waals surface area contributed by atoms with Crippen LogP contribution in [0.5, 0.6) is 0 Å². The van der Waals surface area contributed by atoms with Crippen LogP contribution in [0.2, 0.25) is 0 Å². The maximum absolute atomic E-state index is 9.06. The zero-order valence-corrected chi connectivity index (χ0v) is 8.36. The second-order valence-corrected chi connectivity index (χ2v) is 1.89. The SMILES string of the molecule is C=CC(OCC)OCC.C=CC=O. The van der Waals surface area contributed by atoms with Crippen molar-refractivity contribution in [1.82, 2.24) is 0 Å². The molecule has 0 spiro atoms. The van der Waals surface area contributed by atoms with Gasteiger partial charge in [0.05, 0.1) is 0 Å². The lowest BCUT2D eigenvalue weighted by molar-refractivity contribution is -0.104. The van der Waals surface area contributed by atoms with E-state index in [4.69, 9.17) is 14.3 Å². The van der Waals surface area contributed by atoms with Crippen molar-refractivity contribution in [2.75, 3.05) is 13.2 Å². The summed E-state index contributed by atoms with van der Waals surface area (Å²) in [6.07, 6.45) is 3.26. The Balaban J connectivity index is 0. The first-order valence-corrected chi connectivity index (χ1v) is 4.18. The normalized spacial score (nSPS) is 8.54. The van der Waals surface area contributed by atoms with Crippen LogP contribution in [0.3, 0.4) is 0 Å². The minimum Gasteiger partial charge on any atom is -0.349 e. The average Bonchev–Trinajstić information content (AvgIpc) is 2.18. The molecule has 0 aliphatic heterocycles. The van der Waals surface area contributed by atoms with Crippen molar-refractivity contribution in [2.24, 2.45) is 0 Å². The third-order valence-electron chi connectivity index (χ3n) is 0.951. The van der Waals surface area contributed by atoms with Gasteiger partial charge in [-0.2, -0.15) is 0 Å². The number of hydrogen-bond acceptors (Lipinski definition) is 3. The Morgan fingerprint density at radius 1 is 1.23 bits per heavy atom. The fourth-order valence-corrected chi connectivity index (χ4v) is 0.513. The number of ether oxygens (including phenoxy) is 2. The summed E-state index contributed by atoms with van der Waals surface area (Å²) in [5, 5.41) is 0. The Morgan fingerprint density at radius 2 is 1.62 bits per heavy atom. The molecular weight excluding hydrogens is 168 g/mol. The fourth-order valence-electron chi connectivity index (χ4n) is 0.513. The van der Waals surface area contributed by atoms with Crippen LogP contribution in [0, 0.1) is 0 Å². The highest BCUT2D eigenvalue weighted by molar-refractivity contribution is 5.63. The molecule has 3 nitrogen and oxygen atoms in total. The van der Waals surface area contributed by atoms with Crippen molar-refractivity contribution in [3.8, 4) is 0 Å². The van der Waals surface area contributed by atoms with E-state index in [2.05, 4.69) is 13.2 Å². The number of rotatable bonds is 6. The van der Waals surface area contributed by atoms with Crippen LogP contribution in [-0.2, 0) is 14.3 Å². The van der Waals surface area contributed by atoms with E-state index in [1.54, 1.807) is 6.08 Å². The zero-order valence-electron chi connectivity index (χ0n) is 8.36. The second-order valence-electron chi connectivity index (χ2n) is 1.89. The van der Waals surface area contributed by atoms with Gasteiger partial charge >= 0.3 is 0 Å². The molecule has 0 radical (unpaired) electrons. The van der Waals surface area contributed by atoms with Gasteiger partial charge in [-0.1, -0.05) is 13.2 Å². The van der Waals surface area contributed by atoms with Crippen LogP contribution in [0.15, 0.2) is 25.3 Å². The smallest absolute Gasteiger partial charge is 0.176 e. The van der Waals surface area contributed by atoms with Crippen LogP contribution in [0.25, 0.3) is 0 Å². The molecule has 0 amide bonds. The van der Waals surface area contributed by atoms with E-state index in [0.717, 1.165) is 0 Å². The van der Waals surface area contributed by atoms with E-state index in [1.165, 1.54) is 6.08 Å². The van der Waals surface area contributed by atoms with Gasteiger partial charge in [0, 0.05) is 13.2 Å². The molecule has 76 valence electrons. The van der Waals surface area contributed by atoms with Gasteiger partial charge in [-0.05, 0) is 26.0 Å². The maximum atomic E-state index is 9.06. The van der Waals surface area contributed by atoms with Crippen molar-refractivity contribution >= 4 is 6.29 Å². The van der Waals surface area contributed by atoms with Gasteiger partial charge in [0.25, 0.3) is 0 Å². The van der Waals surface area contributed by atoms with E-state index in [1.807, 2.05) is 13.8 Å². The molecular formula is C10H18O3. The highest BCUT2D eigenvalue weighted by Gasteiger charge is 1.98. The van der Waals surface area contributed by atoms with Crippen molar-refractivity contribution < 1.29 is 14.3 Å². The van der Waals surface area contributed by atoms with Crippen molar-refractivity contribution in [1.29, 1.82) is 0 Å². The predicted molar refractivity (Wildman–Crippen MR) is 53.5 cm³/mol. The highest BCUT2D eigenvalue weighted by Crippen LogP contribution is 1.94. The molecule has 0 heterocycles. The van der Waals surface area contributed by atoms with E-state index in [9.17, 15) is 0 Å². The van der Waals surface area contributed by atoms with Gasteiger partial charge in [0.1, 0.15) is 6.29 Å². The fraction of sp³-hybridized carbons (Fsp3) is 0.500. The van der Waals surface area contributed by atoms with Gasteiger partial charge < -0.3 is 9.47 Å². The van der Waals surface area contributed by atoms with Crippen molar-refractivity contribution in [3.63, 3.8) is 0 Å². The van der Waals surface area contributed by atoms with Gasteiger partial charge in [0.15, 0.2) is 6.29 Å². The molecule has 0 saturated heterocycles. The lowest BCUT2D eigenvalue weighted by Gasteiger charge is -2.10. The van der Waals surface area contributed by atoms with Crippen LogP contribution in [0.1, 0.15) is 13.8 Å². The molecule has 0 aromatic carbocycles. The summed E-state index contributed by atoms with van der Waals surface area (Å²) in [7, 11) is 0. The topological polar surface area (TPSA) is 35.5 Å². The van der Waals surface area contributed by atoms with E-state index >= 15 is 0 Å². The first-order chi connectivity index (χ1) is 6.26. The summed E-state index contributed by atoms with van der Waals surface area (Å²) < 4.78 is 10.2. The van der Waals surface area contributed by atoms with E-state index < -0.39 is 0 Å². The third-order valence-corrected chi connectivity index (χ3v) is 0.951. The molecule has 0 aliphatic carbocycles. The first kappa shape index (κ1) is 14.6. The highest BCUT2D eigenvalue weighted by atomic mass is 16.7. The quantitative estimate of drug-likeness (QED) is 0.275. The second kappa shape index (κ2) is 13.6. The van der Waals surface area contributed by atoms with Crippen molar-refractivity contribution in [2.45, 2.75) is 20.1 Å². The Morgan fingerprint density at radius 3 is 1.77 bits per heavy atom. The Bertz CT molecular complexity index is 120. The number of carbonyl (C=O) groups excluding carboxylic acids is 1. The van der Waals surface area contributed by atoms with Crippen LogP contribution in [-0.4, -0.2) is 25.8 Å². The number of carbonyl (C=O) groups is 1. The first-order valence-electron chi connectivity index (χ1n) is 4.18. The molecule has 0 aromatic heterocycles. The minimum absolute atomic E-state index is 0.222. The molecule has 0 bridgehead atoms. The zero-order chi connectivity index (χ0) is 10.5. The predicted octanol–water partition coefficient (Wildman–Crippen LogP) is 1.94. The molecule has 0 rings (SSSR count). The lowest BCUT2D eigenvalue weighted by atomic mass is 10.6. The average molecular weight is 186 g/mol. The van der Waals surface area contributed by atoms with Gasteiger partial charge in [-0.15, -0.1) is 0 Å². The third kappa shape index (κ3) is 14.0. The van der Waals surface area contributed by atoms with Crippen LogP contribution < -0.4 is 0 Å². The summed E-state index contributed by atoms with van der Waals surface area (Å²) in [6.45, 7) is 11.8. The standard InChI is InChI=1S/C7H14O2.C3H4O/c1-4-7(8-5-2)9-6-3;1-2-3-4/h4,7H,1,5-6H2,2-3H3;2-3H,1H2. The molecule has 0 saturated carbocycles. The number of allylic oxidation sites excluding steroid dienone is 1. The molecule has 0 aliphatic rings. The van der Waals surface area contributed by atoms with E-state index in [-0.39, 0.29) is 6.29 Å².